The number of nitrogens with zero attached hydrogens (tertiary/aromatic N) is 2. The molecule has 5 heteroatoms. The van der Waals surface area contributed by atoms with E-state index in [-0.39, 0.29) is 23.8 Å². The monoisotopic (exact) mass is 275 g/mol. The fourth-order valence-electron chi connectivity index (χ4n) is 2.21. The van der Waals surface area contributed by atoms with Gasteiger partial charge in [0.25, 0.3) is 5.91 Å². The highest BCUT2D eigenvalue weighted by Gasteiger charge is 2.28. The molecule has 0 unspecified atom stereocenters. The highest BCUT2D eigenvalue weighted by Crippen LogP contribution is 2.14. The summed E-state index contributed by atoms with van der Waals surface area (Å²) in [6.45, 7) is 6.87. The van der Waals surface area contributed by atoms with Gasteiger partial charge in [-0.15, -0.1) is 0 Å². The molecule has 2 rings (SSSR count). The first-order chi connectivity index (χ1) is 9.47. The number of carbonyl (C=O) groups is 2. The van der Waals surface area contributed by atoms with Crippen molar-refractivity contribution in [3.05, 3.63) is 29.6 Å². The normalized spacial score (nSPS) is 18.4. The molecule has 0 spiro atoms. The van der Waals surface area contributed by atoms with E-state index in [1.165, 1.54) is 0 Å². The summed E-state index contributed by atoms with van der Waals surface area (Å²) in [6.07, 6.45) is 2.42. The minimum atomic E-state index is -0.0268. The lowest BCUT2D eigenvalue weighted by molar-refractivity contribution is -0.124. The van der Waals surface area contributed by atoms with Crippen LogP contribution in [0.3, 0.4) is 0 Å². The van der Waals surface area contributed by atoms with Crippen molar-refractivity contribution >= 4 is 11.8 Å². The molecule has 0 saturated carbocycles. The number of carbonyl (C=O) groups excluding carboxylic acids is 2. The molecule has 0 bridgehead atoms. The van der Waals surface area contributed by atoms with Crippen LogP contribution in [0.4, 0.5) is 0 Å². The van der Waals surface area contributed by atoms with Crippen LogP contribution in [-0.2, 0) is 4.79 Å². The second-order valence-electron chi connectivity index (χ2n) is 5.59. The van der Waals surface area contributed by atoms with Crippen LogP contribution < -0.4 is 5.32 Å². The van der Waals surface area contributed by atoms with Crippen LogP contribution in [0.5, 0.6) is 0 Å². The maximum atomic E-state index is 12.3. The Morgan fingerprint density at radius 2 is 2.15 bits per heavy atom. The Hall–Kier alpha value is -1.91. The summed E-state index contributed by atoms with van der Waals surface area (Å²) in [5.41, 5.74) is 1.50. The lowest BCUT2D eigenvalue weighted by Crippen LogP contribution is -2.40. The predicted molar refractivity (Wildman–Crippen MR) is 76.3 cm³/mol. The second-order valence-corrected chi connectivity index (χ2v) is 5.59. The van der Waals surface area contributed by atoms with Gasteiger partial charge in [-0.3, -0.25) is 14.6 Å². The molecule has 1 N–H and O–H groups in total. The molecule has 0 aliphatic carbocycles. The average molecular weight is 275 g/mol. The number of likely N-dealkylation sites (tertiary alicyclic amines) is 1. The third-order valence-corrected chi connectivity index (χ3v) is 3.50. The van der Waals surface area contributed by atoms with Gasteiger partial charge in [-0.05, 0) is 25.5 Å². The molecule has 1 fully saturated rings. The van der Waals surface area contributed by atoms with Crippen molar-refractivity contribution in [2.45, 2.75) is 33.2 Å². The van der Waals surface area contributed by atoms with Gasteiger partial charge in [0.05, 0.1) is 5.56 Å². The van der Waals surface area contributed by atoms with Gasteiger partial charge in [-0.25, -0.2) is 0 Å². The first-order valence-corrected chi connectivity index (χ1v) is 6.99. The van der Waals surface area contributed by atoms with Gasteiger partial charge in [-0.2, -0.15) is 0 Å². The SMILES string of the molecule is Cc1ccc(C(=O)N2CC[C@@H](NC(=O)C(C)C)C2)cn1. The van der Waals surface area contributed by atoms with Gasteiger partial charge in [0.1, 0.15) is 0 Å². The molecular formula is C15H21N3O2. The number of pyridine rings is 1. The van der Waals surface area contributed by atoms with E-state index in [0.717, 1.165) is 12.1 Å². The second kappa shape index (κ2) is 6.03. The summed E-state index contributed by atoms with van der Waals surface area (Å²) < 4.78 is 0. The van der Waals surface area contributed by atoms with Crippen molar-refractivity contribution in [3.8, 4) is 0 Å². The van der Waals surface area contributed by atoms with E-state index in [9.17, 15) is 9.59 Å². The minimum absolute atomic E-state index is 0.0150. The molecule has 1 aromatic rings. The summed E-state index contributed by atoms with van der Waals surface area (Å²) in [7, 11) is 0. The Kier molecular flexibility index (Phi) is 4.37. The topological polar surface area (TPSA) is 62.3 Å². The van der Waals surface area contributed by atoms with Crippen molar-refractivity contribution in [3.63, 3.8) is 0 Å². The van der Waals surface area contributed by atoms with E-state index in [0.29, 0.717) is 18.7 Å². The first-order valence-electron chi connectivity index (χ1n) is 6.99. The highest BCUT2D eigenvalue weighted by atomic mass is 16.2. The average Bonchev–Trinajstić information content (AvgIpc) is 2.87. The number of aryl methyl sites for hydroxylation is 1. The Morgan fingerprint density at radius 1 is 1.40 bits per heavy atom. The van der Waals surface area contributed by atoms with Crippen LogP contribution >= 0.6 is 0 Å². The van der Waals surface area contributed by atoms with E-state index in [1.54, 1.807) is 17.2 Å². The fraction of sp³-hybridized carbons (Fsp3) is 0.533. The zero-order chi connectivity index (χ0) is 14.7. The highest BCUT2D eigenvalue weighted by molar-refractivity contribution is 5.94. The van der Waals surface area contributed by atoms with E-state index >= 15 is 0 Å². The van der Waals surface area contributed by atoms with Crippen molar-refractivity contribution in [1.82, 2.24) is 15.2 Å². The molecule has 1 saturated heterocycles. The predicted octanol–water partition coefficient (Wildman–Crippen LogP) is 1.38. The van der Waals surface area contributed by atoms with Crippen molar-refractivity contribution in [2.24, 2.45) is 5.92 Å². The van der Waals surface area contributed by atoms with Gasteiger partial charge < -0.3 is 10.2 Å². The molecule has 5 nitrogen and oxygen atoms in total. The molecule has 1 atom stereocenters. The largest absolute Gasteiger partial charge is 0.351 e. The number of hydrogen-bond acceptors (Lipinski definition) is 3. The minimum Gasteiger partial charge on any atom is -0.351 e. The van der Waals surface area contributed by atoms with E-state index in [1.807, 2.05) is 26.8 Å². The van der Waals surface area contributed by atoms with Crippen molar-refractivity contribution < 1.29 is 9.59 Å². The number of amides is 2. The molecule has 0 radical (unpaired) electrons. The lowest BCUT2D eigenvalue weighted by Gasteiger charge is -2.17. The van der Waals surface area contributed by atoms with Crippen LogP contribution in [0.2, 0.25) is 0 Å². The van der Waals surface area contributed by atoms with E-state index in [2.05, 4.69) is 10.3 Å². The molecule has 108 valence electrons. The molecule has 1 aliphatic heterocycles. The van der Waals surface area contributed by atoms with Crippen molar-refractivity contribution in [1.29, 1.82) is 0 Å². The number of hydrogen-bond donors (Lipinski definition) is 1. The van der Waals surface area contributed by atoms with E-state index in [4.69, 9.17) is 0 Å². The maximum Gasteiger partial charge on any atom is 0.255 e. The van der Waals surface area contributed by atoms with Gasteiger partial charge in [0, 0.05) is 36.9 Å². The lowest BCUT2D eigenvalue weighted by atomic mass is 10.2. The Morgan fingerprint density at radius 3 is 2.75 bits per heavy atom. The molecule has 20 heavy (non-hydrogen) atoms. The summed E-state index contributed by atoms with van der Waals surface area (Å²) in [5, 5.41) is 2.98. The third kappa shape index (κ3) is 3.35. The molecule has 0 aromatic carbocycles. The first kappa shape index (κ1) is 14.5. The number of nitrogens with one attached hydrogen (secondary N) is 1. The van der Waals surface area contributed by atoms with Crippen LogP contribution in [0, 0.1) is 12.8 Å². The third-order valence-electron chi connectivity index (χ3n) is 3.50. The Labute approximate surface area is 119 Å². The van der Waals surface area contributed by atoms with Gasteiger partial charge in [0.2, 0.25) is 5.91 Å². The summed E-state index contributed by atoms with van der Waals surface area (Å²) in [6, 6.07) is 3.69. The van der Waals surface area contributed by atoms with Crippen LogP contribution in [0.15, 0.2) is 18.3 Å². The molecule has 1 aromatic heterocycles. The summed E-state index contributed by atoms with van der Waals surface area (Å²) in [4.78, 5) is 29.9. The number of aromatic nitrogens is 1. The maximum absolute atomic E-state index is 12.3. The van der Waals surface area contributed by atoms with Crippen LogP contribution in [-0.4, -0.2) is 40.8 Å². The molecule has 2 heterocycles. The summed E-state index contributed by atoms with van der Waals surface area (Å²) in [5.74, 6) is 0.00106. The van der Waals surface area contributed by atoms with Gasteiger partial charge in [0.15, 0.2) is 0 Å². The number of rotatable bonds is 3. The van der Waals surface area contributed by atoms with Gasteiger partial charge >= 0.3 is 0 Å². The van der Waals surface area contributed by atoms with E-state index < -0.39 is 0 Å². The molecule has 2 amide bonds. The fourth-order valence-corrected chi connectivity index (χ4v) is 2.21. The summed E-state index contributed by atoms with van der Waals surface area (Å²) >= 11 is 0. The Balaban J connectivity index is 1.94. The van der Waals surface area contributed by atoms with Crippen LogP contribution in [0.1, 0.15) is 36.3 Å². The molecular weight excluding hydrogens is 254 g/mol. The Bertz CT molecular complexity index is 496. The molecule has 1 aliphatic rings. The van der Waals surface area contributed by atoms with Gasteiger partial charge in [-0.1, -0.05) is 13.8 Å². The van der Waals surface area contributed by atoms with Crippen molar-refractivity contribution in [2.75, 3.05) is 13.1 Å². The van der Waals surface area contributed by atoms with Crippen LogP contribution in [0.25, 0.3) is 0 Å². The zero-order valence-corrected chi connectivity index (χ0v) is 12.2. The standard InChI is InChI=1S/C15H21N3O2/c1-10(2)14(19)17-13-6-7-18(9-13)15(20)12-5-4-11(3)16-8-12/h4-5,8,10,13H,6-7,9H2,1-3H3,(H,17,19)/t13-/m1/s1. The quantitative estimate of drug-likeness (QED) is 0.906. The zero-order valence-electron chi connectivity index (χ0n) is 12.2. The smallest absolute Gasteiger partial charge is 0.255 e.